The van der Waals surface area contributed by atoms with Gasteiger partial charge in [0.05, 0.1) is 0 Å². The number of rotatable bonds is 7. The second-order valence-electron chi connectivity index (χ2n) is 3.72. The predicted molar refractivity (Wildman–Crippen MR) is 59.1 cm³/mol. The van der Waals surface area contributed by atoms with Gasteiger partial charge in [-0.1, -0.05) is 19.3 Å². The van der Waals surface area contributed by atoms with Crippen molar-refractivity contribution in [3.63, 3.8) is 0 Å². The van der Waals surface area contributed by atoms with E-state index in [-0.39, 0.29) is 0 Å². The highest BCUT2D eigenvalue weighted by Crippen LogP contribution is 2.05. The summed E-state index contributed by atoms with van der Waals surface area (Å²) in [6.45, 7) is 3.99. The number of hydrogen-bond donors (Lipinski definition) is 1. The smallest absolute Gasteiger partial charge is 0.105 e. The number of aryl methyl sites for hydroxylation is 2. The zero-order valence-corrected chi connectivity index (χ0v) is 9.08. The molecule has 1 heterocycles. The molecule has 0 aromatic carbocycles. The van der Waals surface area contributed by atoms with Gasteiger partial charge in [-0.05, 0) is 26.3 Å². The third-order valence-corrected chi connectivity index (χ3v) is 2.53. The fourth-order valence-corrected chi connectivity index (χ4v) is 1.60. The quantitative estimate of drug-likeness (QED) is 0.677. The minimum atomic E-state index is 0.834. The van der Waals surface area contributed by atoms with Crippen molar-refractivity contribution in [3.05, 3.63) is 18.2 Å². The molecule has 1 rings (SSSR count). The summed E-state index contributed by atoms with van der Waals surface area (Å²) in [6, 6.07) is 0. The van der Waals surface area contributed by atoms with Crippen molar-refractivity contribution < 1.29 is 0 Å². The first kappa shape index (κ1) is 11.2. The maximum Gasteiger partial charge on any atom is 0.105 e. The van der Waals surface area contributed by atoms with Crippen LogP contribution in [-0.2, 0) is 6.54 Å². The molecule has 0 aliphatic heterocycles. The van der Waals surface area contributed by atoms with Gasteiger partial charge in [0.15, 0.2) is 0 Å². The Hall–Kier alpha value is -0.830. The molecule has 0 aliphatic carbocycles. The molecule has 0 bridgehead atoms. The van der Waals surface area contributed by atoms with Gasteiger partial charge in [0.1, 0.15) is 5.82 Å². The third kappa shape index (κ3) is 3.92. The van der Waals surface area contributed by atoms with E-state index in [0.29, 0.717) is 0 Å². The maximum absolute atomic E-state index is 5.43. The molecule has 0 fully saturated rings. The number of unbranched alkanes of at least 4 members (excludes halogenated alkanes) is 4. The van der Waals surface area contributed by atoms with Gasteiger partial charge in [0.25, 0.3) is 0 Å². The molecule has 14 heavy (non-hydrogen) atoms. The number of imidazole rings is 1. The summed E-state index contributed by atoms with van der Waals surface area (Å²) in [5, 5.41) is 0. The van der Waals surface area contributed by atoms with Crippen LogP contribution in [0.3, 0.4) is 0 Å². The summed E-state index contributed by atoms with van der Waals surface area (Å²) in [4.78, 5) is 4.19. The molecule has 80 valence electrons. The number of nitrogens with two attached hydrogens (primary N) is 1. The molecule has 1 aromatic heterocycles. The van der Waals surface area contributed by atoms with E-state index in [9.17, 15) is 0 Å². The molecule has 0 unspecified atom stereocenters. The van der Waals surface area contributed by atoms with E-state index in [1.165, 1.54) is 32.1 Å². The average Bonchev–Trinajstić information content (AvgIpc) is 2.58. The maximum atomic E-state index is 5.43. The molecule has 3 heteroatoms. The summed E-state index contributed by atoms with van der Waals surface area (Å²) in [6.07, 6.45) is 10.2. The molecule has 0 amide bonds. The molecule has 0 radical (unpaired) electrons. The highest BCUT2D eigenvalue weighted by atomic mass is 15.0. The van der Waals surface area contributed by atoms with Gasteiger partial charge in [0, 0.05) is 18.9 Å². The van der Waals surface area contributed by atoms with Gasteiger partial charge in [-0.3, -0.25) is 0 Å². The Kier molecular flexibility index (Phi) is 5.30. The lowest BCUT2D eigenvalue weighted by Gasteiger charge is -2.04. The van der Waals surface area contributed by atoms with E-state index in [4.69, 9.17) is 5.73 Å². The first-order valence-corrected chi connectivity index (χ1v) is 5.52. The van der Waals surface area contributed by atoms with E-state index in [1.54, 1.807) is 0 Å². The van der Waals surface area contributed by atoms with Crippen LogP contribution < -0.4 is 5.73 Å². The molecule has 0 aliphatic rings. The summed E-state index contributed by atoms with van der Waals surface area (Å²) in [5.74, 6) is 1.12. The summed E-state index contributed by atoms with van der Waals surface area (Å²) >= 11 is 0. The predicted octanol–water partition coefficient (Wildman–Crippen LogP) is 2.10. The molecule has 0 saturated carbocycles. The van der Waals surface area contributed by atoms with Crippen LogP contribution in [0.4, 0.5) is 0 Å². The van der Waals surface area contributed by atoms with E-state index in [1.807, 2.05) is 6.20 Å². The lowest BCUT2D eigenvalue weighted by atomic mass is 10.1. The summed E-state index contributed by atoms with van der Waals surface area (Å²) in [5.41, 5.74) is 5.43. The molecule has 2 N–H and O–H groups in total. The average molecular weight is 195 g/mol. The van der Waals surface area contributed by atoms with Crippen molar-refractivity contribution >= 4 is 0 Å². The highest BCUT2D eigenvalue weighted by Gasteiger charge is 1.95. The minimum Gasteiger partial charge on any atom is -0.335 e. The van der Waals surface area contributed by atoms with Crippen molar-refractivity contribution in [3.8, 4) is 0 Å². The van der Waals surface area contributed by atoms with Gasteiger partial charge in [0.2, 0.25) is 0 Å². The Labute approximate surface area is 86.3 Å². The normalized spacial score (nSPS) is 10.7. The first-order valence-electron chi connectivity index (χ1n) is 5.52. The minimum absolute atomic E-state index is 0.834. The van der Waals surface area contributed by atoms with Gasteiger partial charge in [-0.15, -0.1) is 0 Å². The van der Waals surface area contributed by atoms with E-state index >= 15 is 0 Å². The molecule has 0 saturated heterocycles. The van der Waals surface area contributed by atoms with Crippen LogP contribution in [0.25, 0.3) is 0 Å². The van der Waals surface area contributed by atoms with E-state index in [2.05, 4.69) is 22.7 Å². The summed E-state index contributed by atoms with van der Waals surface area (Å²) in [7, 11) is 0. The fourth-order valence-electron chi connectivity index (χ4n) is 1.60. The molecule has 0 spiro atoms. The second kappa shape index (κ2) is 6.60. The number of aromatic nitrogens is 2. The van der Waals surface area contributed by atoms with Crippen LogP contribution in [0.1, 0.15) is 37.9 Å². The van der Waals surface area contributed by atoms with Crippen LogP contribution in [0.5, 0.6) is 0 Å². The van der Waals surface area contributed by atoms with Crippen molar-refractivity contribution in [2.24, 2.45) is 5.73 Å². The van der Waals surface area contributed by atoms with E-state index < -0.39 is 0 Å². The molecule has 1 aromatic rings. The zero-order valence-electron chi connectivity index (χ0n) is 9.08. The largest absolute Gasteiger partial charge is 0.335 e. The SMILES string of the molecule is Cc1nccn1CCCCCCCN. The fraction of sp³-hybridized carbons (Fsp3) is 0.727. The summed E-state index contributed by atoms with van der Waals surface area (Å²) < 4.78 is 2.21. The number of hydrogen-bond acceptors (Lipinski definition) is 2. The van der Waals surface area contributed by atoms with Crippen molar-refractivity contribution in [1.82, 2.24) is 9.55 Å². The van der Waals surface area contributed by atoms with Crippen molar-refractivity contribution in [2.45, 2.75) is 45.6 Å². The molecule has 3 nitrogen and oxygen atoms in total. The Morgan fingerprint density at radius 2 is 1.93 bits per heavy atom. The zero-order chi connectivity index (χ0) is 10.2. The standard InChI is InChI=1S/C11H21N3/c1-11-13-8-10-14(11)9-6-4-2-3-5-7-12/h8,10H,2-7,9,12H2,1H3. The Morgan fingerprint density at radius 3 is 2.57 bits per heavy atom. The van der Waals surface area contributed by atoms with Crippen LogP contribution in [0.15, 0.2) is 12.4 Å². The molecular weight excluding hydrogens is 174 g/mol. The number of nitrogens with zero attached hydrogens (tertiary/aromatic N) is 2. The van der Waals surface area contributed by atoms with E-state index in [0.717, 1.165) is 18.9 Å². The van der Waals surface area contributed by atoms with Gasteiger partial charge in [-0.25, -0.2) is 4.98 Å². The lowest BCUT2D eigenvalue weighted by molar-refractivity contribution is 0.556. The third-order valence-electron chi connectivity index (χ3n) is 2.53. The Bertz CT molecular complexity index is 242. The lowest BCUT2D eigenvalue weighted by Crippen LogP contribution is -2.00. The Balaban J connectivity index is 2.02. The topological polar surface area (TPSA) is 43.8 Å². The monoisotopic (exact) mass is 195 g/mol. The van der Waals surface area contributed by atoms with Crippen molar-refractivity contribution in [1.29, 1.82) is 0 Å². The van der Waals surface area contributed by atoms with Gasteiger partial charge in [-0.2, -0.15) is 0 Å². The molecular formula is C11H21N3. The van der Waals surface area contributed by atoms with Gasteiger partial charge >= 0.3 is 0 Å². The van der Waals surface area contributed by atoms with Crippen LogP contribution in [0, 0.1) is 6.92 Å². The first-order chi connectivity index (χ1) is 6.84. The Morgan fingerprint density at radius 1 is 1.21 bits per heavy atom. The van der Waals surface area contributed by atoms with Crippen LogP contribution >= 0.6 is 0 Å². The van der Waals surface area contributed by atoms with Crippen LogP contribution in [-0.4, -0.2) is 16.1 Å². The van der Waals surface area contributed by atoms with Crippen molar-refractivity contribution in [2.75, 3.05) is 6.54 Å². The van der Waals surface area contributed by atoms with Gasteiger partial charge < -0.3 is 10.3 Å². The molecule has 0 atom stereocenters. The highest BCUT2D eigenvalue weighted by molar-refractivity contribution is 4.87. The van der Waals surface area contributed by atoms with Crippen LogP contribution in [0.2, 0.25) is 0 Å². The second-order valence-corrected chi connectivity index (χ2v) is 3.72.